The first-order chi connectivity index (χ1) is 14.6. The molecule has 0 saturated carbocycles. The Bertz CT molecular complexity index is 1090. The molecule has 0 radical (unpaired) electrons. The Kier molecular flexibility index (Phi) is 7.62. The lowest BCUT2D eigenvalue weighted by Gasteiger charge is -2.20. The molecule has 3 amide bonds. The van der Waals surface area contributed by atoms with Crippen molar-refractivity contribution in [1.29, 1.82) is 0 Å². The Hall–Kier alpha value is -1.27. The Morgan fingerprint density at radius 3 is 2.03 bits per heavy atom. The lowest BCUT2D eigenvalue weighted by atomic mass is 10.1. The quantitative estimate of drug-likeness (QED) is 0.191. The smallest absolute Gasteiger partial charge is 0.329 e. The number of benzene rings is 2. The van der Waals surface area contributed by atoms with Gasteiger partial charge in [0.05, 0.1) is 21.8 Å². The Balaban J connectivity index is 1.73. The van der Waals surface area contributed by atoms with E-state index in [1.54, 1.807) is 24.3 Å². The van der Waals surface area contributed by atoms with E-state index in [4.69, 9.17) is 16.3 Å². The van der Waals surface area contributed by atoms with E-state index in [0.29, 0.717) is 28.6 Å². The Labute approximate surface area is 215 Å². The molecule has 1 heterocycles. The van der Waals surface area contributed by atoms with Crippen LogP contribution < -0.4 is 5.32 Å². The van der Waals surface area contributed by atoms with Crippen LogP contribution in [-0.4, -0.2) is 41.2 Å². The zero-order valence-electron chi connectivity index (χ0n) is 15.5. The topological polar surface area (TPSA) is 92.8 Å². The monoisotopic (exact) mass is 698 g/mol. The third-order valence-corrected chi connectivity index (χ3v) is 9.45. The van der Waals surface area contributed by atoms with Crippen LogP contribution >= 0.6 is 75.3 Å². The van der Waals surface area contributed by atoms with Crippen LogP contribution in [0, 0.1) is 0 Å². The predicted octanol–water partition coefficient (Wildman–Crippen LogP) is 5.56. The summed E-state index contributed by atoms with van der Waals surface area (Å²) in [6, 6.07) is 5.33. The number of halogens is 5. The van der Waals surface area contributed by atoms with E-state index < -0.39 is 36.3 Å². The van der Waals surface area contributed by atoms with E-state index >= 15 is 0 Å². The molecule has 1 unspecified atom stereocenters. The molecule has 31 heavy (non-hydrogen) atoms. The van der Waals surface area contributed by atoms with Crippen molar-refractivity contribution in [3.63, 3.8) is 0 Å². The lowest BCUT2D eigenvalue weighted by molar-refractivity contribution is -0.150. The molecule has 0 fully saturated rings. The normalized spacial score (nSPS) is 13.8. The fraction of sp³-hybridized carbons (Fsp3) is 0.158. The van der Waals surface area contributed by atoms with Gasteiger partial charge in [-0.25, -0.2) is 4.79 Å². The Morgan fingerprint density at radius 1 is 1.00 bits per heavy atom. The van der Waals surface area contributed by atoms with Gasteiger partial charge in [0.25, 0.3) is 17.7 Å². The number of ether oxygens (including phenoxy) is 1. The minimum Gasteiger partial charge on any atom is -0.454 e. The number of esters is 1. The van der Waals surface area contributed by atoms with Crippen LogP contribution in [0.2, 0.25) is 5.02 Å². The van der Waals surface area contributed by atoms with Crippen LogP contribution in [0.25, 0.3) is 0 Å². The van der Waals surface area contributed by atoms with Gasteiger partial charge in [-0.15, -0.1) is 0 Å². The first-order valence-corrected chi connectivity index (χ1v) is 12.1. The highest BCUT2D eigenvalue weighted by Crippen LogP contribution is 2.45. The molecule has 1 aliphatic rings. The average molecular weight is 702 g/mol. The number of rotatable bonds is 5. The number of anilines is 1. The van der Waals surface area contributed by atoms with Gasteiger partial charge in [0.15, 0.2) is 6.61 Å². The van der Waals surface area contributed by atoms with Gasteiger partial charge in [-0.2, -0.15) is 0 Å². The number of fused-ring (bicyclic) bond motifs is 1. The number of hydrogen-bond donors (Lipinski definition) is 1. The number of nitrogens with one attached hydrogen (secondary N) is 1. The summed E-state index contributed by atoms with van der Waals surface area (Å²) in [5, 5.41) is 2.84. The largest absolute Gasteiger partial charge is 0.454 e. The number of carbonyl (C=O) groups excluding carboxylic acids is 4. The fourth-order valence-corrected chi connectivity index (χ4v) is 5.47. The highest BCUT2D eigenvalue weighted by atomic mass is 79.9. The molecule has 162 valence electrons. The first kappa shape index (κ1) is 24.4. The van der Waals surface area contributed by atoms with Gasteiger partial charge in [0, 0.05) is 17.9 Å². The van der Waals surface area contributed by atoms with Gasteiger partial charge < -0.3 is 10.1 Å². The molecule has 0 saturated heterocycles. The molecule has 1 N–H and O–H groups in total. The van der Waals surface area contributed by atoms with E-state index in [1.807, 2.05) is 0 Å². The third-order valence-electron chi connectivity index (χ3n) is 4.35. The van der Waals surface area contributed by atoms with Crippen molar-refractivity contribution in [1.82, 2.24) is 4.90 Å². The van der Waals surface area contributed by atoms with Crippen LogP contribution in [0.15, 0.2) is 42.2 Å². The van der Waals surface area contributed by atoms with Gasteiger partial charge >= 0.3 is 5.97 Å². The van der Waals surface area contributed by atoms with E-state index in [9.17, 15) is 19.2 Å². The molecule has 1 aliphatic heterocycles. The predicted molar refractivity (Wildman–Crippen MR) is 128 cm³/mol. The maximum Gasteiger partial charge on any atom is 0.329 e. The summed E-state index contributed by atoms with van der Waals surface area (Å²) in [4.78, 5) is 51.2. The van der Waals surface area contributed by atoms with Crippen LogP contribution in [0.5, 0.6) is 0 Å². The second-order valence-electron chi connectivity index (χ2n) is 6.30. The zero-order valence-corrected chi connectivity index (χ0v) is 22.6. The molecule has 0 aliphatic carbocycles. The van der Waals surface area contributed by atoms with Crippen molar-refractivity contribution < 1.29 is 23.9 Å². The van der Waals surface area contributed by atoms with E-state index in [0.717, 1.165) is 4.90 Å². The molecule has 2 aromatic rings. The van der Waals surface area contributed by atoms with Crippen molar-refractivity contribution in [2.75, 3.05) is 11.9 Å². The molecule has 12 heteroatoms. The molecule has 0 bridgehead atoms. The molecule has 0 spiro atoms. The third kappa shape index (κ3) is 4.61. The Morgan fingerprint density at radius 2 is 1.52 bits per heavy atom. The van der Waals surface area contributed by atoms with Crippen molar-refractivity contribution >= 4 is 105 Å². The SMILES string of the molecule is CC(C(=O)OCC(=O)Nc1ccccc1Cl)N1C(=O)c2c(Br)c(Br)c(Br)c(Br)c2C1=O. The van der Waals surface area contributed by atoms with Gasteiger partial charge in [-0.05, 0) is 82.8 Å². The van der Waals surface area contributed by atoms with Gasteiger partial charge in [-0.1, -0.05) is 23.7 Å². The average Bonchev–Trinajstić information content (AvgIpc) is 3.00. The lowest BCUT2D eigenvalue weighted by Crippen LogP contribution is -2.44. The molecule has 0 aromatic heterocycles. The van der Waals surface area contributed by atoms with Gasteiger partial charge in [0.1, 0.15) is 6.04 Å². The summed E-state index contributed by atoms with van der Waals surface area (Å²) in [7, 11) is 0. The van der Waals surface area contributed by atoms with Crippen molar-refractivity contribution in [2.45, 2.75) is 13.0 Å². The van der Waals surface area contributed by atoms with Gasteiger partial charge in [0.2, 0.25) is 0 Å². The summed E-state index contributed by atoms with van der Waals surface area (Å²) < 4.78 is 6.83. The second-order valence-corrected chi connectivity index (χ2v) is 9.88. The first-order valence-electron chi connectivity index (χ1n) is 8.51. The zero-order chi connectivity index (χ0) is 23.0. The molecule has 1 atom stereocenters. The number of imide groups is 1. The standard InChI is InChI=1S/C19H11Br4ClN2O5/c1-7(19(30)31-6-10(27)25-9-5-3-2-4-8(9)24)26-17(28)11-12(18(26)29)14(21)16(23)15(22)13(11)20/h2-5,7H,6H2,1H3,(H,25,27). The minimum atomic E-state index is -1.25. The number of para-hydroxylation sites is 1. The van der Waals surface area contributed by atoms with Crippen LogP contribution in [-0.2, 0) is 14.3 Å². The molecule has 2 aromatic carbocycles. The summed E-state index contributed by atoms with van der Waals surface area (Å²) in [6.07, 6.45) is 0. The van der Waals surface area contributed by atoms with Gasteiger partial charge in [-0.3, -0.25) is 19.3 Å². The number of amides is 3. The van der Waals surface area contributed by atoms with Crippen LogP contribution in [0.3, 0.4) is 0 Å². The highest BCUT2D eigenvalue weighted by molar-refractivity contribution is 9.15. The number of carbonyl (C=O) groups is 4. The fourth-order valence-electron chi connectivity index (χ4n) is 2.83. The molecule has 3 rings (SSSR count). The summed E-state index contributed by atoms with van der Waals surface area (Å²) >= 11 is 19.3. The molecular weight excluding hydrogens is 691 g/mol. The molecular formula is C19H11Br4ClN2O5. The van der Waals surface area contributed by atoms with Crippen LogP contribution in [0.4, 0.5) is 5.69 Å². The maximum absolute atomic E-state index is 12.9. The van der Waals surface area contributed by atoms with Crippen molar-refractivity contribution in [3.8, 4) is 0 Å². The summed E-state index contributed by atoms with van der Waals surface area (Å²) in [6.45, 7) is 0.740. The molecule has 7 nitrogen and oxygen atoms in total. The van der Waals surface area contributed by atoms with Crippen molar-refractivity contribution in [3.05, 3.63) is 58.3 Å². The van der Waals surface area contributed by atoms with Crippen molar-refractivity contribution in [2.24, 2.45) is 0 Å². The van der Waals surface area contributed by atoms with E-state index in [2.05, 4.69) is 69.0 Å². The van der Waals surface area contributed by atoms with Crippen LogP contribution in [0.1, 0.15) is 27.6 Å². The summed E-state index contributed by atoms with van der Waals surface area (Å²) in [5.41, 5.74) is 0.593. The number of hydrogen-bond acceptors (Lipinski definition) is 5. The van der Waals surface area contributed by atoms with E-state index in [-0.39, 0.29) is 11.1 Å². The summed E-state index contributed by atoms with van der Waals surface area (Å²) in [5.74, 6) is -2.85. The number of nitrogens with zero attached hydrogens (tertiary/aromatic N) is 1. The second kappa shape index (κ2) is 9.70. The highest BCUT2D eigenvalue weighted by Gasteiger charge is 2.45. The van der Waals surface area contributed by atoms with E-state index in [1.165, 1.54) is 6.92 Å². The maximum atomic E-state index is 12.9. The minimum absolute atomic E-state index is 0.114.